The topological polar surface area (TPSA) is 53.3 Å². The van der Waals surface area contributed by atoms with Crippen LogP contribution in [0.2, 0.25) is 0 Å². The summed E-state index contributed by atoms with van der Waals surface area (Å²) < 4.78 is 11.6. The van der Waals surface area contributed by atoms with Gasteiger partial charge in [-0.2, -0.15) is 4.98 Å². The van der Waals surface area contributed by atoms with Gasteiger partial charge in [0, 0.05) is 19.4 Å². The fourth-order valence-corrected chi connectivity index (χ4v) is 0.938. The van der Waals surface area contributed by atoms with E-state index in [0.717, 1.165) is 0 Å². The number of hydrogen-bond donors (Lipinski definition) is 0. The van der Waals surface area contributed by atoms with E-state index in [4.69, 9.17) is 9.47 Å². The fourth-order valence-electron chi connectivity index (χ4n) is 0.938. The second-order valence-electron chi connectivity index (χ2n) is 2.49. The lowest BCUT2D eigenvalue weighted by Crippen LogP contribution is -2.16. The standard InChI is InChI=1S/C8H12N2O3/c1-6(12-2)10-5-4-7(11)9-8(10)13-3/h4-6H,1-3H3/t6-/m1/s1. The number of methoxy groups -OCH3 is 2. The predicted octanol–water partition coefficient (Wildman–Crippen LogP) is 0.417. The van der Waals surface area contributed by atoms with E-state index in [2.05, 4.69) is 4.98 Å². The molecule has 13 heavy (non-hydrogen) atoms. The first-order valence-corrected chi connectivity index (χ1v) is 3.85. The molecule has 1 aromatic rings. The van der Waals surface area contributed by atoms with E-state index in [1.165, 1.54) is 13.2 Å². The van der Waals surface area contributed by atoms with Gasteiger partial charge in [-0.1, -0.05) is 0 Å². The Balaban J connectivity index is 3.13. The van der Waals surface area contributed by atoms with Gasteiger partial charge in [-0.15, -0.1) is 0 Å². The SMILES string of the molecule is COc1nc(=O)ccn1[C@@H](C)OC. The van der Waals surface area contributed by atoms with Gasteiger partial charge < -0.3 is 9.47 Å². The van der Waals surface area contributed by atoms with Crippen molar-refractivity contribution in [3.05, 3.63) is 22.6 Å². The van der Waals surface area contributed by atoms with Crippen LogP contribution < -0.4 is 10.3 Å². The van der Waals surface area contributed by atoms with Crippen molar-refractivity contribution in [3.8, 4) is 6.01 Å². The van der Waals surface area contributed by atoms with E-state index in [0.29, 0.717) is 0 Å². The first kappa shape index (κ1) is 9.73. The van der Waals surface area contributed by atoms with Crippen LogP contribution in [0, 0.1) is 0 Å². The van der Waals surface area contributed by atoms with Crippen LogP contribution in [-0.2, 0) is 4.74 Å². The number of hydrogen-bond acceptors (Lipinski definition) is 4. The summed E-state index contributed by atoms with van der Waals surface area (Å²) in [5.41, 5.74) is -0.323. The molecule has 0 saturated heterocycles. The van der Waals surface area contributed by atoms with Crippen LogP contribution in [0.15, 0.2) is 17.1 Å². The van der Waals surface area contributed by atoms with E-state index in [-0.39, 0.29) is 17.8 Å². The monoisotopic (exact) mass is 184 g/mol. The van der Waals surface area contributed by atoms with Crippen molar-refractivity contribution in [2.75, 3.05) is 14.2 Å². The Morgan fingerprint density at radius 1 is 1.54 bits per heavy atom. The Labute approximate surface area is 75.9 Å². The highest BCUT2D eigenvalue weighted by atomic mass is 16.5. The van der Waals surface area contributed by atoms with Crippen LogP contribution in [0.1, 0.15) is 13.2 Å². The van der Waals surface area contributed by atoms with Crippen LogP contribution in [0.25, 0.3) is 0 Å². The van der Waals surface area contributed by atoms with Gasteiger partial charge in [0.2, 0.25) is 0 Å². The van der Waals surface area contributed by atoms with Crippen LogP contribution in [0.4, 0.5) is 0 Å². The molecule has 0 aliphatic heterocycles. The minimum Gasteiger partial charge on any atom is -0.468 e. The van der Waals surface area contributed by atoms with Gasteiger partial charge in [-0.25, -0.2) is 0 Å². The van der Waals surface area contributed by atoms with Gasteiger partial charge in [-0.3, -0.25) is 9.36 Å². The molecule has 5 heteroatoms. The first-order chi connectivity index (χ1) is 6.19. The molecule has 0 saturated carbocycles. The molecule has 1 heterocycles. The molecule has 1 aromatic heterocycles. The molecule has 0 aliphatic rings. The number of aromatic nitrogens is 2. The zero-order valence-electron chi connectivity index (χ0n) is 7.85. The Kier molecular flexibility index (Phi) is 3.02. The summed E-state index contributed by atoms with van der Waals surface area (Å²) in [5.74, 6) is 0. The maximum Gasteiger partial charge on any atom is 0.301 e. The summed E-state index contributed by atoms with van der Waals surface area (Å²) >= 11 is 0. The Morgan fingerprint density at radius 2 is 2.23 bits per heavy atom. The molecule has 1 atom stereocenters. The maximum atomic E-state index is 10.9. The van der Waals surface area contributed by atoms with Crippen molar-refractivity contribution in [2.24, 2.45) is 0 Å². The highest BCUT2D eigenvalue weighted by Crippen LogP contribution is 2.12. The summed E-state index contributed by atoms with van der Waals surface area (Å²) in [6.07, 6.45) is 1.38. The summed E-state index contributed by atoms with van der Waals surface area (Å²) in [6, 6.07) is 1.61. The van der Waals surface area contributed by atoms with Crippen molar-refractivity contribution in [3.63, 3.8) is 0 Å². The summed E-state index contributed by atoms with van der Waals surface area (Å²) in [6.45, 7) is 1.83. The van der Waals surface area contributed by atoms with Gasteiger partial charge in [0.05, 0.1) is 7.11 Å². The third-order valence-electron chi connectivity index (χ3n) is 1.72. The Morgan fingerprint density at radius 3 is 2.77 bits per heavy atom. The molecule has 5 nitrogen and oxygen atoms in total. The predicted molar refractivity (Wildman–Crippen MR) is 46.8 cm³/mol. The van der Waals surface area contributed by atoms with Gasteiger partial charge in [-0.05, 0) is 6.92 Å². The average molecular weight is 184 g/mol. The number of nitrogens with zero attached hydrogens (tertiary/aromatic N) is 2. The lowest BCUT2D eigenvalue weighted by molar-refractivity contribution is 0.0516. The maximum absolute atomic E-state index is 10.9. The molecule has 0 fully saturated rings. The third-order valence-corrected chi connectivity index (χ3v) is 1.72. The summed E-state index contributed by atoms with van der Waals surface area (Å²) in [4.78, 5) is 14.5. The Bertz CT molecular complexity index is 334. The largest absolute Gasteiger partial charge is 0.468 e. The molecule has 0 aromatic carbocycles. The van der Waals surface area contributed by atoms with Crippen LogP contribution in [-0.4, -0.2) is 23.8 Å². The Hall–Kier alpha value is -1.36. The molecule has 0 N–H and O–H groups in total. The molecule has 72 valence electrons. The van der Waals surface area contributed by atoms with Crippen molar-refractivity contribution >= 4 is 0 Å². The van der Waals surface area contributed by atoms with E-state index in [1.807, 2.05) is 6.92 Å². The highest BCUT2D eigenvalue weighted by molar-refractivity contribution is 4.99. The minimum absolute atomic E-state index is 0.206. The zero-order valence-corrected chi connectivity index (χ0v) is 7.85. The molecule has 0 amide bonds. The molecule has 0 aliphatic carbocycles. The lowest BCUT2D eigenvalue weighted by Gasteiger charge is -2.15. The normalized spacial score (nSPS) is 12.5. The second-order valence-corrected chi connectivity index (χ2v) is 2.49. The quantitative estimate of drug-likeness (QED) is 0.683. The summed E-state index contributed by atoms with van der Waals surface area (Å²) in [5, 5.41) is 0. The first-order valence-electron chi connectivity index (χ1n) is 3.85. The van der Waals surface area contributed by atoms with E-state index in [9.17, 15) is 4.79 Å². The van der Waals surface area contributed by atoms with Gasteiger partial charge in [0.25, 0.3) is 5.56 Å². The van der Waals surface area contributed by atoms with E-state index >= 15 is 0 Å². The van der Waals surface area contributed by atoms with Gasteiger partial charge in [0.15, 0.2) is 0 Å². The van der Waals surface area contributed by atoms with Crippen molar-refractivity contribution < 1.29 is 9.47 Å². The molecule has 0 spiro atoms. The zero-order chi connectivity index (χ0) is 9.84. The molecule has 0 radical (unpaired) electrons. The molecule has 0 unspecified atom stereocenters. The molecular weight excluding hydrogens is 172 g/mol. The third kappa shape index (κ3) is 2.06. The lowest BCUT2D eigenvalue weighted by atomic mass is 10.5. The minimum atomic E-state index is -0.323. The number of rotatable bonds is 3. The molecule has 0 bridgehead atoms. The van der Waals surface area contributed by atoms with Gasteiger partial charge >= 0.3 is 6.01 Å². The average Bonchev–Trinajstić information content (AvgIpc) is 2.16. The number of ether oxygens (including phenoxy) is 2. The van der Waals surface area contributed by atoms with E-state index < -0.39 is 0 Å². The summed E-state index contributed by atoms with van der Waals surface area (Å²) in [7, 11) is 3.03. The van der Waals surface area contributed by atoms with Crippen molar-refractivity contribution in [1.82, 2.24) is 9.55 Å². The smallest absolute Gasteiger partial charge is 0.301 e. The van der Waals surface area contributed by atoms with Crippen molar-refractivity contribution in [1.29, 1.82) is 0 Å². The highest BCUT2D eigenvalue weighted by Gasteiger charge is 2.07. The van der Waals surface area contributed by atoms with Crippen molar-refractivity contribution in [2.45, 2.75) is 13.2 Å². The molecular formula is C8H12N2O3. The van der Waals surface area contributed by atoms with Crippen LogP contribution >= 0.6 is 0 Å². The second kappa shape index (κ2) is 4.04. The van der Waals surface area contributed by atoms with E-state index in [1.54, 1.807) is 17.9 Å². The van der Waals surface area contributed by atoms with Crippen LogP contribution in [0.3, 0.4) is 0 Å². The van der Waals surface area contributed by atoms with Crippen LogP contribution in [0.5, 0.6) is 6.01 Å². The van der Waals surface area contributed by atoms with Gasteiger partial charge in [0.1, 0.15) is 6.23 Å². The fraction of sp³-hybridized carbons (Fsp3) is 0.500. The molecule has 1 rings (SSSR count).